The Morgan fingerprint density at radius 2 is 2.11 bits per heavy atom. The molecule has 2 aliphatic carbocycles. The zero-order valence-corrected chi connectivity index (χ0v) is 15.4. The number of rotatable bonds is 2. The molecule has 140 valence electrons. The highest BCUT2D eigenvalue weighted by Gasteiger charge is 2.33. The quantitative estimate of drug-likeness (QED) is 0.880. The smallest absolute Gasteiger partial charge is 0.266 e. The molecule has 1 unspecified atom stereocenters. The summed E-state index contributed by atoms with van der Waals surface area (Å²) in [6.45, 7) is 0.131. The number of carbonyl (C=O) groups excluding carboxylic acids is 2. The molecule has 1 aliphatic heterocycles. The van der Waals surface area contributed by atoms with Gasteiger partial charge in [0.1, 0.15) is 6.54 Å². The third-order valence-electron chi connectivity index (χ3n) is 5.60. The molecule has 0 saturated heterocycles. The van der Waals surface area contributed by atoms with Crippen LogP contribution in [0.15, 0.2) is 70.7 Å². The van der Waals surface area contributed by atoms with Crippen LogP contribution in [0.25, 0.3) is 11.0 Å². The van der Waals surface area contributed by atoms with Gasteiger partial charge in [0.2, 0.25) is 0 Å². The van der Waals surface area contributed by atoms with Gasteiger partial charge in [-0.05, 0) is 55.5 Å². The number of nitrogens with one attached hydrogen (secondary N) is 1. The standard InChI is InChI=1S/C22H20N4O2/c27-21(12-26-13-23-18-7-3-4-8-20(18)26)24-14-9-10-16-15-5-1-2-6-17(15)22(28)25-19(16)11-14/h3-4,7-11,13,16H,1-2,5-6,12H2,(H,25,28). The molecule has 6 heteroatoms. The summed E-state index contributed by atoms with van der Waals surface area (Å²) in [5.74, 6) is -0.138. The molecule has 0 bridgehead atoms. The van der Waals surface area contributed by atoms with Gasteiger partial charge >= 0.3 is 0 Å². The normalized spacial score (nSPS) is 22.7. The maximum atomic E-state index is 12.5. The van der Waals surface area contributed by atoms with Crippen molar-refractivity contribution in [3.63, 3.8) is 0 Å². The first kappa shape index (κ1) is 16.9. The van der Waals surface area contributed by atoms with Gasteiger partial charge in [-0.2, -0.15) is 0 Å². The van der Waals surface area contributed by atoms with Crippen LogP contribution in [0.3, 0.4) is 0 Å². The minimum Gasteiger partial charge on any atom is -0.325 e. The number of carbonyl (C=O) groups is 2. The first-order valence-corrected chi connectivity index (χ1v) is 9.63. The lowest BCUT2D eigenvalue weighted by Crippen LogP contribution is -2.37. The predicted octanol–water partition coefficient (Wildman–Crippen LogP) is 3.07. The van der Waals surface area contributed by atoms with E-state index >= 15 is 0 Å². The summed E-state index contributed by atoms with van der Waals surface area (Å²) in [5, 5.41) is 3.00. The van der Waals surface area contributed by atoms with Crippen LogP contribution in [0, 0.1) is 5.92 Å². The average molecular weight is 372 g/mol. The van der Waals surface area contributed by atoms with Crippen molar-refractivity contribution >= 4 is 28.6 Å². The average Bonchev–Trinajstić information content (AvgIpc) is 3.11. The molecule has 2 aromatic rings. The number of para-hydroxylation sites is 2. The van der Waals surface area contributed by atoms with E-state index in [1.54, 1.807) is 10.9 Å². The fourth-order valence-electron chi connectivity index (χ4n) is 4.28. The minimum absolute atomic E-state index is 0.00284. The molecule has 2 amide bonds. The summed E-state index contributed by atoms with van der Waals surface area (Å²) in [7, 11) is 0. The zero-order chi connectivity index (χ0) is 19.1. The molecule has 1 aromatic carbocycles. The second-order valence-corrected chi connectivity index (χ2v) is 7.39. The topological polar surface area (TPSA) is 76.3 Å². The van der Waals surface area contributed by atoms with Crippen LogP contribution in [-0.2, 0) is 16.1 Å². The molecule has 0 radical (unpaired) electrons. The summed E-state index contributed by atoms with van der Waals surface area (Å²) in [4.78, 5) is 33.4. The maximum absolute atomic E-state index is 12.5. The van der Waals surface area contributed by atoms with Crippen LogP contribution in [0.4, 0.5) is 0 Å². The molecule has 0 fully saturated rings. The van der Waals surface area contributed by atoms with Crippen LogP contribution in [0.5, 0.6) is 0 Å². The molecule has 3 aliphatic rings. The third kappa shape index (κ3) is 2.91. The Bertz CT molecular complexity index is 1120. The Kier molecular flexibility index (Phi) is 4.04. The van der Waals surface area contributed by atoms with Gasteiger partial charge in [-0.15, -0.1) is 0 Å². The molecular formula is C22H20N4O2. The van der Waals surface area contributed by atoms with E-state index in [9.17, 15) is 9.59 Å². The van der Waals surface area contributed by atoms with Crippen LogP contribution in [0.2, 0.25) is 0 Å². The van der Waals surface area contributed by atoms with Gasteiger partial charge in [0.05, 0.1) is 23.1 Å². The summed E-state index contributed by atoms with van der Waals surface area (Å²) >= 11 is 0. The number of imidazole rings is 1. The van der Waals surface area contributed by atoms with Gasteiger partial charge in [0, 0.05) is 17.2 Å². The first-order valence-electron chi connectivity index (χ1n) is 9.63. The Labute approximate surface area is 162 Å². The van der Waals surface area contributed by atoms with Crippen LogP contribution in [-0.4, -0.2) is 27.1 Å². The van der Waals surface area contributed by atoms with Crippen LogP contribution >= 0.6 is 0 Å². The molecule has 28 heavy (non-hydrogen) atoms. The van der Waals surface area contributed by atoms with E-state index < -0.39 is 0 Å². The van der Waals surface area contributed by atoms with E-state index in [1.807, 2.05) is 42.5 Å². The highest BCUT2D eigenvalue weighted by atomic mass is 16.2. The zero-order valence-electron chi connectivity index (χ0n) is 15.4. The summed E-state index contributed by atoms with van der Waals surface area (Å²) in [6, 6.07) is 7.69. The lowest BCUT2D eigenvalue weighted by atomic mass is 9.77. The maximum Gasteiger partial charge on any atom is 0.266 e. The fraction of sp³-hybridized carbons (Fsp3) is 0.273. The summed E-state index contributed by atoms with van der Waals surface area (Å²) in [6.07, 6.45) is 11.4. The number of fused-ring (bicyclic) bond motifs is 3. The van der Waals surface area contributed by atoms with E-state index in [4.69, 9.17) is 0 Å². The fourth-order valence-corrected chi connectivity index (χ4v) is 4.28. The SMILES string of the molecule is O=C(Cn1cnc2ccccc21)N=C1C=CC2C(=C1)NC(=O)C1=C2CCCC1. The van der Waals surface area contributed by atoms with Crippen molar-refractivity contribution in [1.82, 2.24) is 14.9 Å². The largest absolute Gasteiger partial charge is 0.325 e. The molecule has 6 nitrogen and oxygen atoms in total. The van der Waals surface area contributed by atoms with E-state index in [1.165, 1.54) is 5.57 Å². The van der Waals surface area contributed by atoms with Crippen LogP contribution < -0.4 is 5.32 Å². The van der Waals surface area contributed by atoms with Crippen molar-refractivity contribution in [2.75, 3.05) is 0 Å². The van der Waals surface area contributed by atoms with E-state index in [2.05, 4.69) is 15.3 Å². The molecule has 1 atom stereocenters. The summed E-state index contributed by atoms with van der Waals surface area (Å²) < 4.78 is 1.80. The molecule has 0 spiro atoms. The molecule has 5 rings (SSSR count). The number of aromatic nitrogens is 2. The van der Waals surface area contributed by atoms with Crippen molar-refractivity contribution in [2.45, 2.75) is 32.2 Å². The number of nitrogens with zero attached hydrogens (tertiary/aromatic N) is 3. The molecular weight excluding hydrogens is 352 g/mol. The number of aliphatic imine (C=N–C) groups is 1. The number of hydrogen-bond donors (Lipinski definition) is 1. The van der Waals surface area contributed by atoms with Gasteiger partial charge in [0.25, 0.3) is 11.8 Å². The molecule has 0 saturated carbocycles. The van der Waals surface area contributed by atoms with Crippen LogP contribution in [0.1, 0.15) is 25.7 Å². The van der Waals surface area contributed by atoms with E-state index in [0.717, 1.165) is 48.0 Å². The van der Waals surface area contributed by atoms with Crippen molar-refractivity contribution in [3.8, 4) is 0 Å². The van der Waals surface area contributed by atoms with Gasteiger partial charge in [-0.25, -0.2) is 9.98 Å². The Morgan fingerprint density at radius 3 is 3.04 bits per heavy atom. The van der Waals surface area contributed by atoms with Crippen molar-refractivity contribution < 1.29 is 9.59 Å². The number of benzene rings is 1. The molecule has 1 N–H and O–H groups in total. The van der Waals surface area contributed by atoms with Gasteiger partial charge in [-0.1, -0.05) is 18.2 Å². The first-order chi connectivity index (χ1) is 13.7. The van der Waals surface area contributed by atoms with E-state index in [0.29, 0.717) is 5.71 Å². The Hall–Kier alpha value is -3.28. The van der Waals surface area contributed by atoms with Gasteiger partial charge in [0.15, 0.2) is 0 Å². The van der Waals surface area contributed by atoms with Crippen molar-refractivity contribution in [2.24, 2.45) is 10.9 Å². The van der Waals surface area contributed by atoms with Gasteiger partial charge < -0.3 is 9.88 Å². The highest BCUT2D eigenvalue weighted by molar-refractivity contribution is 6.11. The number of amides is 2. The highest BCUT2D eigenvalue weighted by Crippen LogP contribution is 2.38. The van der Waals surface area contributed by atoms with Crippen molar-refractivity contribution in [1.29, 1.82) is 0 Å². The Balaban J connectivity index is 1.38. The molecule has 2 heterocycles. The van der Waals surface area contributed by atoms with E-state index in [-0.39, 0.29) is 24.3 Å². The second kappa shape index (κ2) is 6.71. The molecule has 1 aromatic heterocycles. The summed E-state index contributed by atoms with van der Waals surface area (Å²) in [5.41, 5.74) is 5.33. The lowest BCUT2D eigenvalue weighted by Gasteiger charge is -2.33. The second-order valence-electron chi connectivity index (χ2n) is 7.39. The lowest BCUT2D eigenvalue weighted by molar-refractivity contribution is -0.118. The minimum atomic E-state index is -0.252. The van der Waals surface area contributed by atoms with Gasteiger partial charge in [-0.3, -0.25) is 9.59 Å². The Morgan fingerprint density at radius 1 is 1.25 bits per heavy atom. The monoisotopic (exact) mass is 372 g/mol. The van der Waals surface area contributed by atoms with Crippen molar-refractivity contribution in [3.05, 3.63) is 65.7 Å². The number of allylic oxidation sites excluding steroid dienone is 3. The predicted molar refractivity (Wildman–Crippen MR) is 107 cm³/mol. The number of hydrogen-bond acceptors (Lipinski definition) is 3. The third-order valence-corrected chi connectivity index (χ3v) is 5.60.